The fourth-order valence-electron chi connectivity index (χ4n) is 6.14. The van der Waals surface area contributed by atoms with Crippen molar-refractivity contribution in [2.24, 2.45) is 0 Å². The molecule has 156 valence electrons. The minimum Gasteiger partial charge on any atom is -0.289 e. The fourth-order valence-corrected chi connectivity index (χ4v) is 6.14. The Hall–Kier alpha value is -4.56. The van der Waals surface area contributed by atoms with Crippen LogP contribution in [0.5, 0.6) is 0 Å². The van der Waals surface area contributed by atoms with Crippen molar-refractivity contribution in [3.8, 4) is 0 Å². The molecule has 0 aliphatic heterocycles. The second-order valence-electron chi connectivity index (χ2n) is 9.14. The fraction of sp³-hybridized carbons (Fsp3) is 0. The molecule has 0 aliphatic rings. The van der Waals surface area contributed by atoms with Crippen LogP contribution in [0.4, 0.5) is 0 Å². The average Bonchev–Trinajstić information content (AvgIpc) is 2.89. The minimum atomic E-state index is 0.0258. The summed E-state index contributed by atoms with van der Waals surface area (Å²) in [4.78, 5) is 26.8. The Morgan fingerprint density at radius 1 is 0.324 bits per heavy atom. The molecule has 0 N–H and O–H groups in total. The average molecular weight is 432 g/mol. The van der Waals surface area contributed by atoms with Crippen molar-refractivity contribution in [3.63, 3.8) is 0 Å². The van der Waals surface area contributed by atoms with Crippen molar-refractivity contribution in [2.75, 3.05) is 0 Å². The molecule has 0 unspecified atom stereocenters. The molecular formula is C32H16O2. The molecular weight excluding hydrogens is 416 g/mol. The molecule has 0 heterocycles. The summed E-state index contributed by atoms with van der Waals surface area (Å²) in [5, 5.41) is 13.6. The Balaban J connectivity index is 1.77. The van der Waals surface area contributed by atoms with Gasteiger partial charge in [-0.05, 0) is 60.6 Å². The lowest BCUT2D eigenvalue weighted by Crippen LogP contribution is -2.06. The molecule has 0 aromatic heterocycles. The molecule has 0 saturated carbocycles. The summed E-state index contributed by atoms with van der Waals surface area (Å²) >= 11 is 0. The van der Waals surface area contributed by atoms with Crippen LogP contribution in [0.3, 0.4) is 0 Å². The van der Waals surface area contributed by atoms with Gasteiger partial charge in [-0.15, -0.1) is 0 Å². The summed E-state index contributed by atoms with van der Waals surface area (Å²) in [6, 6.07) is 32.2. The zero-order valence-electron chi connectivity index (χ0n) is 18.1. The molecule has 8 aromatic rings. The molecule has 0 amide bonds. The van der Waals surface area contributed by atoms with E-state index in [1.807, 2.05) is 42.5 Å². The lowest BCUT2D eigenvalue weighted by atomic mass is 9.85. The monoisotopic (exact) mass is 432 g/mol. The summed E-state index contributed by atoms with van der Waals surface area (Å²) in [7, 11) is 0. The summed E-state index contributed by atoms with van der Waals surface area (Å²) in [6.45, 7) is 0. The molecule has 0 aliphatic carbocycles. The van der Waals surface area contributed by atoms with Crippen molar-refractivity contribution in [2.45, 2.75) is 0 Å². The van der Waals surface area contributed by atoms with E-state index in [1.165, 1.54) is 0 Å². The van der Waals surface area contributed by atoms with Crippen molar-refractivity contribution in [3.05, 3.63) is 118 Å². The second kappa shape index (κ2) is 6.06. The van der Waals surface area contributed by atoms with Gasteiger partial charge in [-0.1, -0.05) is 84.9 Å². The van der Waals surface area contributed by atoms with Crippen LogP contribution >= 0.6 is 0 Å². The Morgan fingerprint density at radius 3 is 1.76 bits per heavy atom. The number of fused-ring (bicyclic) bond motifs is 8. The summed E-state index contributed by atoms with van der Waals surface area (Å²) < 4.78 is 0. The first kappa shape index (κ1) is 17.9. The predicted octanol–water partition coefficient (Wildman–Crippen LogP) is 7.36. The lowest BCUT2D eigenvalue weighted by molar-refractivity contribution is 1.70. The van der Waals surface area contributed by atoms with Gasteiger partial charge in [-0.2, -0.15) is 0 Å². The molecule has 2 nitrogen and oxygen atoms in total. The van der Waals surface area contributed by atoms with E-state index in [1.54, 1.807) is 6.07 Å². The van der Waals surface area contributed by atoms with Gasteiger partial charge in [0.15, 0.2) is 10.9 Å². The first-order chi connectivity index (χ1) is 16.7. The van der Waals surface area contributed by atoms with E-state index in [2.05, 4.69) is 48.5 Å². The van der Waals surface area contributed by atoms with Gasteiger partial charge in [0.2, 0.25) is 0 Å². The zero-order valence-corrected chi connectivity index (χ0v) is 18.1. The van der Waals surface area contributed by atoms with E-state index in [0.717, 1.165) is 75.4 Å². The zero-order chi connectivity index (χ0) is 22.6. The molecule has 34 heavy (non-hydrogen) atoms. The Labute approximate surface area is 193 Å². The van der Waals surface area contributed by atoms with Crippen molar-refractivity contribution in [1.29, 1.82) is 0 Å². The standard InChI is InChI=1S/C32H16O2/c33-27-16-15-24-28-20(7-3-9-23(27)28)21-8-4-10-26-29(21)30(24)25-14-13-19-18-6-2-1-5-17(18)11-12-22(19)31(25)32(26)34/h1-16H. The van der Waals surface area contributed by atoms with Crippen LogP contribution in [0.25, 0.3) is 75.4 Å². The highest BCUT2D eigenvalue weighted by Gasteiger charge is 2.20. The van der Waals surface area contributed by atoms with Gasteiger partial charge in [-0.3, -0.25) is 9.59 Å². The van der Waals surface area contributed by atoms with Gasteiger partial charge in [-0.25, -0.2) is 0 Å². The van der Waals surface area contributed by atoms with Gasteiger partial charge >= 0.3 is 0 Å². The van der Waals surface area contributed by atoms with Crippen LogP contribution in [0.15, 0.2) is 107 Å². The van der Waals surface area contributed by atoms with Crippen molar-refractivity contribution in [1.82, 2.24) is 0 Å². The summed E-state index contributed by atoms with van der Waals surface area (Å²) in [5.41, 5.74) is 0.0884. The molecule has 2 heteroatoms. The molecule has 8 aromatic carbocycles. The van der Waals surface area contributed by atoms with E-state index in [0.29, 0.717) is 0 Å². The van der Waals surface area contributed by atoms with Gasteiger partial charge in [0.1, 0.15) is 0 Å². The number of rotatable bonds is 0. The van der Waals surface area contributed by atoms with Crippen molar-refractivity contribution >= 4 is 75.4 Å². The third-order valence-electron chi connectivity index (χ3n) is 7.54. The summed E-state index contributed by atoms with van der Waals surface area (Å²) in [6.07, 6.45) is 0. The number of hydrogen-bond donors (Lipinski definition) is 0. The highest BCUT2D eigenvalue weighted by molar-refractivity contribution is 6.39. The smallest absolute Gasteiger partial charge is 0.194 e. The topological polar surface area (TPSA) is 34.1 Å². The number of hydrogen-bond acceptors (Lipinski definition) is 2. The van der Waals surface area contributed by atoms with E-state index >= 15 is 0 Å². The largest absolute Gasteiger partial charge is 0.289 e. The highest BCUT2D eigenvalue weighted by atomic mass is 16.1. The Bertz CT molecular complexity index is 2260. The van der Waals surface area contributed by atoms with Gasteiger partial charge in [0.05, 0.1) is 0 Å². The van der Waals surface area contributed by atoms with Gasteiger partial charge in [0.25, 0.3) is 0 Å². The van der Waals surface area contributed by atoms with Crippen molar-refractivity contribution < 1.29 is 0 Å². The van der Waals surface area contributed by atoms with Gasteiger partial charge in [0, 0.05) is 26.9 Å². The molecule has 0 atom stereocenters. The maximum absolute atomic E-state index is 14.0. The van der Waals surface area contributed by atoms with Crippen LogP contribution < -0.4 is 10.9 Å². The maximum Gasteiger partial charge on any atom is 0.194 e. The minimum absolute atomic E-state index is 0.0258. The SMILES string of the molecule is O=c1ccc2c3c1cccc3c1cccc3c(=O)c4c5ccc6ccccc6c5ccc4c2c31. The van der Waals surface area contributed by atoms with Crippen LogP contribution in [0, 0.1) is 0 Å². The number of benzene rings is 8. The third kappa shape index (κ3) is 2.02. The predicted molar refractivity (Wildman–Crippen MR) is 144 cm³/mol. The Morgan fingerprint density at radius 2 is 0.882 bits per heavy atom. The van der Waals surface area contributed by atoms with E-state index in [4.69, 9.17) is 0 Å². The lowest BCUT2D eigenvalue weighted by Gasteiger charge is -2.16. The first-order valence-corrected chi connectivity index (χ1v) is 11.5. The molecule has 0 radical (unpaired) electrons. The van der Waals surface area contributed by atoms with E-state index in [9.17, 15) is 9.59 Å². The van der Waals surface area contributed by atoms with Crippen LogP contribution in [-0.2, 0) is 0 Å². The molecule has 8 rings (SSSR count). The van der Waals surface area contributed by atoms with E-state index in [-0.39, 0.29) is 10.9 Å². The summed E-state index contributed by atoms with van der Waals surface area (Å²) in [5.74, 6) is 0. The van der Waals surface area contributed by atoms with Crippen LogP contribution in [-0.4, -0.2) is 0 Å². The molecule has 0 bridgehead atoms. The van der Waals surface area contributed by atoms with Crippen LogP contribution in [0.2, 0.25) is 0 Å². The second-order valence-corrected chi connectivity index (χ2v) is 9.14. The Kier molecular flexibility index (Phi) is 3.20. The highest BCUT2D eigenvalue weighted by Crippen LogP contribution is 2.43. The molecule has 0 saturated heterocycles. The molecule has 0 spiro atoms. The molecule has 0 fully saturated rings. The first-order valence-electron chi connectivity index (χ1n) is 11.5. The van der Waals surface area contributed by atoms with Crippen LogP contribution in [0.1, 0.15) is 0 Å². The van der Waals surface area contributed by atoms with E-state index < -0.39 is 0 Å². The third-order valence-corrected chi connectivity index (χ3v) is 7.54. The maximum atomic E-state index is 14.0. The normalized spacial score (nSPS) is 12.4. The van der Waals surface area contributed by atoms with Gasteiger partial charge < -0.3 is 0 Å². The quantitative estimate of drug-likeness (QED) is 0.185.